The quantitative estimate of drug-likeness (QED) is 0.0994. The minimum absolute atomic E-state index is 0.0565. The Labute approximate surface area is 236 Å². The molecule has 0 saturated carbocycles. The molecule has 0 aliphatic carbocycles. The summed E-state index contributed by atoms with van der Waals surface area (Å²) in [5, 5.41) is 27.5. The zero-order chi connectivity index (χ0) is 31.5. The molecule has 0 bridgehead atoms. The van der Waals surface area contributed by atoms with Crippen LogP contribution in [0, 0.1) is 5.82 Å². The summed E-state index contributed by atoms with van der Waals surface area (Å²) in [5.74, 6) is -3.06. The Morgan fingerprint density at radius 2 is 1.76 bits per heavy atom. The average Bonchev–Trinajstić information content (AvgIpc) is 3.34. The zero-order valence-electron chi connectivity index (χ0n) is 20.5. The summed E-state index contributed by atoms with van der Waals surface area (Å²) < 4.78 is 113. The van der Waals surface area contributed by atoms with Gasteiger partial charge in [-0.2, -0.15) is 5.10 Å². The third-order valence-electron chi connectivity index (χ3n) is 5.86. The molecule has 2 unspecified atom stereocenters. The fourth-order valence-corrected chi connectivity index (χ4v) is 7.36. The fourth-order valence-electron chi connectivity index (χ4n) is 3.95. The summed E-state index contributed by atoms with van der Waals surface area (Å²) in [5.41, 5.74) is -0.401. The van der Waals surface area contributed by atoms with Gasteiger partial charge >= 0.3 is 25.4 Å². The van der Waals surface area contributed by atoms with E-state index >= 15 is 0 Å². The third-order valence-corrected chi connectivity index (χ3v) is 10.7. The van der Waals surface area contributed by atoms with Crippen molar-refractivity contribution < 1.29 is 67.1 Å². The van der Waals surface area contributed by atoms with Crippen LogP contribution in [0.5, 0.6) is 0 Å². The molecule has 0 spiro atoms. The maximum atomic E-state index is 14.3. The smallest absolute Gasteiger partial charge is 0.340 e. The van der Waals surface area contributed by atoms with Crippen molar-refractivity contribution in [3.05, 3.63) is 47.0 Å². The Morgan fingerprint density at radius 1 is 1.10 bits per heavy atom. The van der Waals surface area contributed by atoms with Gasteiger partial charge in [0, 0.05) is 12.1 Å². The van der Waals surface area contributed by atoms with Crippen molar-refractivity contribution in [1.29, 1.82) is 0 Å². The minimum Gasteiger partial charge on any atom is -0.387 e. The first-order valence-electron chi connectivity index (χ1n) is 11.3. The number of hydrogen-bond acceptors (Lipinski definition) is 9. The van der Waals surface area contributed by atoms with Crippen molar-refractivity contribution in [2.45, 2.75) is 36.0 Å². The molecule has 23 heteroatoms. The Bertz CT molecular complexity index is 1630. The van der Waals surface area contributed by atoms with Crippen molar-refractivity contribution in [3.8, 4) is 0 Å². The van der Waals surface area contributed by atoms with E-state index in [0.717, 1.165) is 4.68 Å². The molecule has 13 nitrogen and oxygen atoms in total. The number of nitrogens with one attached hydrogen (secondary N) is 1. The Hall–Kier alpha value is -1.96. The van der Waals surface area contributed by atoms with Gasteiger partial charge in [-0.3, -0.25) is 9.13 Å². The van der Waals surface area contributed by atoms with Gasteiger partial charge in [0.2, 0.25) is 0 Å². The first-order chi connectivity index (χ1) is 18.9. The lowest BCUT2D eigenvalue weighted by Gasteiger charge is -2.40. The van der Waals surface area contributed by atoms with Crippen LogP contribution in [0.4, 0.5) is 29.5 Å². The van der Waals surface area contributed by atoms with Crippen molar-refractivity contribution in [3.63, 3.8) is 0 Å². The number of anilines is 1. The normalized spacial score (nSPS) is 24.8. The van der Waals surface area contributed by atoms with Gasteiger partial charge in [-0.1, -0.05) is 37.1 Å². The predicted molar refractivity (Wildman–Crippen MR) is 136 cm³/mol. The standard InChI is InChI=1S/C19H21ClF6N4O9P2S/c20-15-4-13(27-5-9-1-2-10(3-12(9)21)42(22,23,24,25)26)11-6-28-30(18(11)29-15)19-17(32)16(31)14(39-19)7-38-41(36,37)8-40(33,34)35/h1-4,6,14,16-17,19,31-32H,5,7-8H2,(H,27,29)(H,36,37)(H2,33,34,35)/t14-,16?,17+,19-/m1/s1. The highest BCUT2D eigenvalue weighted by atomic mass is 35.5. The molecule has 1 aliphatic heterocycles. The van der Waals surface area contributed by atoms with Gasteiger partial charge in [-0.05, 0) is 18.2 Å². The van der Waals surface area contributed by atoms with Crippen LogP contribution < -0.4 is 5.32 Å². The highest BCUT2D eigenvalue weighted by molar-refractivity contribution is 8.45. The Morgan fingerprint density at radius 3 is 2.36 bits per heavy atom. The van der Waals surface area contributed by atoms with Crippen LogP contribution in [0.15, 0.2) is 35.4 Å². The largest absolute Gasteiger partial charge is 0.387 e. The molecule has 0 amide bonds. The molecule has 1 aromatic carbocycles. The van der Waals surface area contributed by atoms with E-state index in [1.165, 1.54) is 12.3 Å². The van der Waals surface area contributed by atoms with Gasteiger partial charge in [0.15, 0.2) is 17.8 Å². The van der Waals surface area contributed by atoms with Gasteiger partial charge in [0.05, 0.1) is 23.9 Å². The lowest BCUT2D eigenvalue weighted by Crippen LogP contribution is -2.33. The summed E-state index contributed by atoms with van der Waals surface area (Å²) in [4.78, 5) is 29.1. The van der Waals surface area contributed by atoms with Gasteiger partial charge < -0.3 is 39.5 Å². The monoisotopic (exact) mass is 692 g/mol. The van der Waals surface area contributed by atoms with E-state index in [9.17, 15) is 48.1 Å². The molecule has 0 radical (unpaired) electrons. The van der Waals surface area contributed by atoms with Crippen LogP contribution in [0.1, 0.15) is 11.8 Å². The highest BCUT2D eigenvalue weighted by Crippen LogP contribution is 3.02. The molecule has 5 atom stereocenters. The van der Waals surface area contributed by atoms with E-state index in [2.05, 4.69) is 19.9 Å². The number of aromatic nitrogens is 3. The van der Waals surface area contributed by atoms with E-state index in [1.807, 2.05) is 0 Å². The maximum absolute atomic E-state index is 14.3. The molecule has 4 rings (SSSR count). The fraction of sp³-hybridized carbons (Fsp3) is 0.368. The van der Waals surface area contributed by atoms with Crippen molar-refractivity contribution in [1.82, 2.24) is 14.8 Å². The molecule has 3 heterocycles. The number of aliphatic hydroxyl groups excluding tert-OH is 2. The molecule has 6 N–H and O–H groups in total. The summed E-state index contributed by atoms with van der Waals surface area (Å²) in [6.45, 7) is -1.36. The predicted octanol–water partition coefficient (Wildman–Crippen LogP) is 4.45. The van der Waals surface area contributed by atoms with E-state index in [-0.39, 0.29) is 34.0 Å². The topological polar surface area (TPSA) is 196 Å². The molecule has 1 saturated heterocycles. The van der Waals surface area contributed by atoms with Crippen LogP contribution in [0.3, 0.4) is 0 Å². The molecule has 3 aromatic rings. The highest BCUT2D eigenvalue weighted by Gasteiger charge is 2.65. The van der Waals surface area contributed by atoms with Gasteiger partial charge in [-0.15, -0.1) is 0 Å². The van der Waals surface area contributed by atoms with Gasteiger partial charge in [0.25, 0.3) is 0 Å². The molecule has 1 aliphatic rings. The van der Waals surface area contributed by atoms with Gasteiger partial charge in [0.1, 0.15) is 34.2 Å². The third kappa shape index (κ3) is 7.57. The summed E-state index contributed by atoms with van der Waals surface area (Å²) in [6.07, 6.45) is -5.28. The second kappa shape index (κ2) is 10.3. The number of fused-ring (bicyclic) bond motifs is 1. The van der Waals surface area contributed by atoms with E-state index in [0.29, 0.717) is 6.07 Å². The van der Waals surface area contributed by atoms with Crippen molar-refractivity contribution >= 4 is 53.7 Å². The SMILES string of the molecule is O=P(O)(O)CP(=O)(O)OC[C@H]1O[C@@H](n2ncc3c(NCc4ccc(S(F)(F)(F)(F)F)cc4F)cc(Cl)nc32)[C@@H](O)C1O. The lowest BCUT2D eigenvalue weighted by molar-refractivity contribution is -0.0541. The van der Waals surface area contributed by atoms with Crippen LogP contribution >= 0.6 is 37.0 Å². The zero-order valence-corrected chi connectivity index (χ0v) is 23.8. The lowest BCUT2D eigenvalue weighted by atomic mass is 10.1. The molecule has 2 aromatic heterocycles. The second-order valence-electron chi connectivity index (χ2n) is 9.18. The van der Waals surface area contributed by atoms with Crippen LogP contribution in [-0.4, -0.2) is 70.5 Å². The van der Waals surface area contributed by atoms with E-state index in [1.54, 1.807) is 0 Å². The number of benzene rings is 1. The molecule has 236 valence electrons. The molecule has 42 heavy (non-hydrogen) atoms. The molecule has 1 fully saturated rings. The number of nitrogens with zero attached hydrogens (tertiary/aromatic N) is 3. The number of hydrogen-bond donors (Lipinski definition) is 6. The van der Waals surface area contributed by atoms with Crippen LogP contribution in [-0.2, 0) is 24.9 Å². The Balaban J connectivity index is 1.54. The van der Waals surface area contributed by atoms with Crippen LogP contribution in [0.25, 0.3) is 11.0 Å². The van der Waals surface area contributed by atoms with E-state index in [4.69, 9.17) is 26.1 Å². The number of ether oxygens (including phenoxy) is 1. The van der Waals surface area contributed by atoms with Crippen molar-refractivity contribution in [2.75, 3.05) is 17.8 Å². The van der Waals surface area contributed by atoms with Crippen molar-refractivity contribution in [2.24, 2.45) is 0 Å². The number of aliphatic hydroxyl groups is 2. The number of halogens is 7. The Kier molecular flexibility index (Phi) is 8.08. The summed E-state index contributed by atoms with van der Waals surface area (Å²) in [7, 11) is -19.8. The molecular weight excluding hydrogens is 672 g/mol. The van der Waals surface area contributed by atoms with Gasteiger partial charge in [-0.25, -0.2) is 14.1 Å². The first-order valence-corrected chi connectivity index (χ1v) is 17.2. The molecular formula is C19H21ClF6N4O9P2S. The first kappa shape index (κ1) is 32.9. The second-order valence-corrected chi connectivity index (χ2v) is 16.0. The average molecular weight is 693 g/mol. The maximum Gasteiger partial charge on any atom is 0.340 e. The summed E-state index contributed by atoms with van der Waals surface area (Å²) >= 11 is 6.05. The number of pyridine rings is 1. The minimum atomic E-state index is -10.1. The number of rotatable bonds is 10. The summed E-state index contributed by atoms with van der Waals surface area (Å²) in [6, 6.07) is 1.52. The van der Waals surface area contributed by atoms with E-state index < -0.39 is 85.3 Å². The van der Waals surface area contributed by atoms with Crippen LogP contribution in [0.2, 0.25) is 5.15 Å².